The Kier molecular flexibility index (Phi) is 3.64. The van der Waals surface area contributed by atoms with E-state index in [1.165, 1.54) is 16.2 Å². The summed E-state index contributed by atoms with van der Waals surface area (Å²) in [6.07, 6.45) is 0. The summed E-state index contributed by atoms with van der Waals surface area (Å²) in [5, 5.41) is 2.88. The van der Waals surface area contributed by atoms with Crippen LogP contribution in [0.25, 0.3) is 0 Å². The summed E-state index contributed by atoms with van der Waals surface area (Å²) in [6.45, 7) is 4.04. The topological polar surface area (TPSA) is 29.1 Å². The van der Waals surface area contributed by atoms with Gasteiger partial charge in [-0.3, -0.25) is 4.79 Å². The van der Waals surface area contributed by atoms with Gasteiger partial charge in [0.2, 0.25) is 0 Å². The first-order valence-corrected chi connectivity index (χ1v) is 6.81. The molecule has 0 saturated carbocycles. The van der Waals surface area contributed by atoms with Gasteiger partial charge in [0.15, 0.2) is 0 Å². The fraction of sp³-hybridized carbons (Fsp3) is 0.154. The average Bonchev–Trinajstić information content (AvgIpc) is 2.63. The van der Waals surface area contributed by atoms with Crippen LogP contribution in [0.15, 0.2) is 34.8 Å². The smallest absolute Gasteiger partial charge is 0.265 e. The number of amides is 1. The molecule has 2 rings (SSSR count). The van der Waals surface area contributed by atoms with E-state index in [1.54, 1.807) is 0 Å². The molecule has 0 aliphatic heterocycles. The molecule has 2 aromatic rings. The van der Waals surface area contributed by atoms with Gasteiger partial charge in [-0.25, -0.2) is 0 Å². The minimum absolute atomic E-state index is 0.0477. The monoisotopic (exact) mass is 309 g/mol. The predicted octanol–water partition coefficient (Wildman–Crippen LogP) is 4.38. The molecule has 0 bridgehead atoms. The summed E-state index contributed by atoms with van der Waals surface area (Å²) in [5.41, 5.74) is 1.97. The second-order valence-electron chi connectivity index (χ2n) is 3.81. The summed E-state index contributed by atoms with van der Waals surface area (Å²) >= 11 is 4.88. The van der Waals surface area contributed by atoms with Crippen molar-refractivity contribution in [2.45, 2.75) is 13.8 Å². The van der Waals surface area contributed by atoms with Gasteiger partial charge >= 0.3 is 0 Å². The summed E-state index contributed by atoms with van der Waals surface area (Å²) in [4.78, 5) is 13.9. The lowest BCUT2D eigenvalue weighted by Gasteiger charge is -2.03. The SMILES string of the molecule is Cc1cc(C(=O)Nc2ccc(Br)cc2)sc1C. The standard InChI is InChI=1S/C13H12BrNOS/c1-8-7-12(17-9(8)2)13(16)15-11-5-3-10(14)4-6-11/h3-7H,1-2H3,(H,15,16). The van der Waals surface area contributed by atoms with Gasteiger partial charge in [-0.2, -0.15) is 0 Å². The minimum atomic E-state index is -0.0477. The van der Waals surface area contributed by atoms with Gasteiger partial charge in [0.25, 0.3) is 5.91 Å². The molecular formula is C13H12BrNOS. The van der Waals surface area contributed by atoms with E-state index in [2.05, 4.69) is 21.2 Å². The Morgan fingerprint density at radius 2 is 1.88 bits per heavy atom. The molecule has 2 nitrogen and oxygen atoms in total. The van der Waals surface area contributed by atoms with E-state index in [1.807, 2.05) is 44.2 Å². The summed E-state index contributed by atoms with van der Waals surface area (Å²) < 4.78 is 0.998. The van der Waals surface area contributed by atoms with E-state index in [0.29, 0.717) is 0 Å². The number of hydrogen-bond acceptors (Lipinski definition) is 2. The van der Waals surface area contributed by atoms with Gasteiger partial charge in [0.05, 0.1) is 4.88 Å². The molecule has 0 fully saturated rings. The van der Waals surface area contributed by atoms with Crippen molar-refractivity contribution in [2.75, 3.05) is 5.32 Å². The number of halogens is 1. The molecule has 0 saturated heterocycles. The van der Waals surface area contributed by atoms with Gasteiger partial charge in [-0.05, 0) is 49.7 Å². The molecule has 0 radical (unpaired) electrons. The molecule has 0 unspecified atom stereocenters. The van der Waals surface area contributed by atoms with Crippen molar-refractivity contribution in [2.24, 2.45) is 0 Å². The highest BCUT2D eigenvalue weighted by Gasteiger charge is 2.10. The van der Waals surface area contributed by atoms with Gasteiger partial charge in [-0.15, -0.1) is 11.3 Å². The zero-order valence-corrected chi connectivity index (χ0v) is 12.0. The number of thiophene rings is 1. The van der Waals surface area contributed by atoms with Crippen molar-refractivity contribution in [1.82, 2.24) is 0 Å². The molecule has 0 aliphatic rings. The maximum atomic E-state index is 12.0. The number of carbonyl (C=O) groups is 1. The van der Waals surface area contributed by atoms with Crippen molar-refractivity contribution in [3.63, 3.8) is 0 Å². The van der Waals surface area contributed by atoms with Crippen LogP contribution >= 0.6 is 27.3 Å². The second-order valence-corrected chi connectivity index (χ2v) is 5.98. The Morgan fingerprint density at radius 1 is 1.24 bits per heavy atom. The highest BCUT2D eigenvalue weighted by Crippen LogP contribution is 2.22. The highest BCUT2D eigenvalue weighted by molar-refractivity contribution is 9.10. The molecule has 1 heterocycles. The number of hydrogen-bond donors (Lipinski definition) is 1. The molecule has 1 amide bonds. The zero-order valence-electron chi connectivity index (χ0n) is 9.58. The van der Waals surface area contributed by atoms with E-state index < -0.39 is 0 Å². The fourth-order valence-electron chi connectivity index (χ4n) is 1.41. The molecule has 0 aliphatic carbocycles. The Morgan fingerprint density at radius 3 is 2.41 bits per heavy atom. The Balaban J connectivity index is 2.14. The minimum Gasteiger partial charge on any atom is -0.321 e. The molecule has 0 atom stereocenters. The quantitative estimate of drug-likeness (QED) is 0.876. The largest absolute Gasteiger partial charge is 0.321 e. The van der Waals surface area contributed by atoms with Crippen LogP contribution in [0.5, 0.6) is 0 Å². The second kappa shape index (κ2) is 5.02. The highest BCUT2D eigenvalue weighted by atomic mass is 79.9. The van der Waals surface area contributed by atoms with Crippen molar-refractivity contribution >= 4 is 38.9 Å². The lowest BCUT2D eigenvalue weighted by molar-refractivity contribution is 0.103. The first-order chi connectivity index (χ1) is 8.06. The van der Waals surface area contributed by atoms with Crippen molar-refractivity contribution < 1.29 is 4.79 Å². The molecule has 4 heteroatoms. The molecule has 0 spiro atoms. The Bertz CT molecular complexity index is 526. The molecule has 88 valence electrons. The zero-order chi connectivity index (χ0) is 12.4. The van der Waals surface area contributed by atoms with Gasteiger partial charge in [-0.1, -0.05) is 15.9 Å². The summed E-state index contributed by atoms with van der Waals surface area (Å²) in [7, 11) is 0. The van der Waals surface area contributed by atoms with Crippen LogP contribution in [0.2, 0.25) is 0 Å². The van der Waals surface area contributed by atoms with Crippen LogP contribution in [-0.4, -0.2) is 5.91 Å². The van der Waals surface area contributed by atoms with E-state index >= 15 is 0 Å². The van der Waals surface area contributed by atoms with Crippen LogP contribution in [0.4, 0.5) is 5.69 Å². The van der Waals surface area contributed by atoms with Crippen molar-refractivity contribution in [3.8, 4) is 0 Å². The lowest BCUT2D eigenvalue weighted by Crippen LogP contribution is -2.09. The van der Waals surface area contributed by atoms with Crippen LogP contribution in [0.3, 0.4) is 0 Å². The molecule has 1 N–H and O–H groups in total. The third kappa shape index (κ3) is 2.96. The van der Waals surface area contributed by atoms with E-state index in [0.717, 1.165) is 20.6 Å². The third-order valence-corrected chi connectivity index (χ3v) is 4.17. The van der Waals surface area contributed by atoms with Gasteiger partial charge in [0, 0.05) is 15.0 Å². The van der Waals surface area contributed by atoms with Crippen LogP contribution in [0, 0.1) is 13.8 Å². The van der Waals surface area contributed by atoms with Crippen LogP contribution in [-0.2, 0) is 0 Å². The van der Waals surface area contributed by atoms with Gasteiger partial charge in [0.1, 0.15) is 0 Å². The van der Waals surface area contributed by atoms with E-state index in [4.69, 9.17) is 0 Å². The fourth-order valence-corrected chi connectivity index (χ4v) is 2.60. The molecule has 1 aromatic heterocycles. The number of rotatable bonds is 2. The van der Waals surface area contributed by atoms with E-state index in [-0.39, 0.29) is 5.91 Å². The van der Waals surface area contributed by atoms with Crippen molar-refractivity contribution in [3.05, 3.63) is 50.1 Å². The first kappa shape index (κ1) is 12.3. The Labute approximate surface area is 113 Å². The third-order valence-electron chi connectivity index (χ3n) is 2.49. The van der Waals surface area contributed by atoms with Crippen molar-refractivity contribution in [1.29, 1.82) is 0 Å². The number of carbonyl (C=O) groups excluding carboxylic acids is 1. The van der Waals surface area contributed by atoms with Gasteiger partial charge < -0.3 is 5.32 Å². The van der Waals surface area contributed by atoms with Crippen LogP contribution < -0.4 is 5.32 Å². The summed E-state index contributed by atoms with van der Waals surface area (Å²) in [6, 6.07) is 9.47. The number of anilines is 1. The number of benzene rings is 1. The number of aryl methyl sites for hydroxylation is 2. The average molecular weight is 310 g/mol. The van der Waals surface area contributed by atoms with Crippen LogP contribution in [0.1, 0.15) is 20.1 Å². The Hall–Kier alpha value is -1.13. The molecule has 17 heavy (non-hydrogen) atoms. The maximum Gasteiger partial charge on any atom is 0.265 e. The summed E-state index contributed by atoms with van der Waals surface area (Å²) in [5.74, 6) is -0.0477. The lowest BCUT2D eigenvalue weighted by atomic mass is 10.2. The molecule has 1 aromatic carbocycles. The first-order valence-electron chi connectivity index (χ1n) is 5.20. The van der Waals surface area contributed by atoms with E-state index in [9.17, 15) is 4.79 Å². The predicted molar refractivity (Wildman–Crippen MR) is 75.9 cm³/mol. The normalized spacial score (nSPS) is 10.3. The maximum absolute atomic E-state index is 12.0. The molecular weight excluding hydrogens is 298 g/mol. The number of nitrogens with one attached hydrogen (secondary N) is 1.